The van der Waals surface area contributed by atoms with Crippen LogP contribution in [0.25, 0.3) is 0 Å². The van der Waals surface area contributed by atoms with Gasteiger partial charge in [-0.3, -0.25) is 0 Å². The number of halogens is 1. The number of nitrogens with zero attached hydrogens (tertiary/aromatic N) is 4. The van der Waals surface area contributed by atoms with Crippen molar-refractivity contribution in [1.29, 1.82) is 0 Å². The van der Waals surface area contributed by atoms with Crippen LogP contribution in [0.5, 0.6) is 0 Å². The van der Waals surface area contributed by atoms with Crippen LogP contribution in [0.4, 0.5) is 17.6 Å². The predicted molar refractivity (Wildman–Crippen MR) is 156 cm³/mol. The van der Waals surface area contributed by atoms with Crippen molar-refractivity contribution in [2.24, 2.45) is 5.92 Å². The van der Waals surface area contributed by atoms with Crippen molar-refractivity contribution in [2.75, 3.05) is 61.1 Å². The minimum absolute atomic E-state index is 0.0823. The summed E-state index contributed by atoms with van der Waals surface area (Å²) in [6.07, 6.45) is 7.93. The number of rotatable bonds is 6. The van der Waals surface area contributed by atoms with Gasteiger partial charge in [-0.05, 0) is 80.8 Å². The molecule has 9 heteroatoms. The molecule has 1 aromatic heterocycles. The lowest BCUT2D eigenvalue weighted by Gasteiger charge is -2.38. The molecule has 2 aromatic rings. The lowest BCUT2D eigenvalue weighted by atomic mass is 9.74. The van der Waals surface area contributed by atoms with Crippen LogP contribution in [-0.2, 0) is 10.2 Å². The molecule has 3 saturated heterocycles. The summed E-state index contributed by atoms with van der Waals surface area (Å²) >= 11 is 12.1. The Hall–Kier alpha value is -2.16. The van der Waals surface area contributed by atoms with Crippen molar-refractivity contribution in [1.82, 2.24) is 15.3 Å². The van der Waals surface area contributed by atoms with Crippen LogP contribution >= 0.6 is 23.8 Å². The van der Waals surface area contributed by atoms with Gasteiger partial charge in [0.15, 0.2) is 5.11 Å². The number of aromatic nitrogens is 2. The number of thiocarbonyl (C=S) groups is 1. The van der Waals surface area contributed by atoms with E-state index in [9.17, 15) is 0 Å². The molecular formula is C28H39ClN6OS. The number of nitrogens with one attached hydrogen (secondary N) is 2. The van der Waals surface area contributed by atoms with E-state index in [4.69, 9.17) is 38.5 Å². The van der Waals surface area contributed by atoms with Gasteiger partial charge in [0.1, 0.15) is 11.6 Å². The fraction of sp³-hybridized carbons (Fsp3) is 0.607. The Morgan fingerprint density at radius 2 is 1.70 bits per heavy atom. The van der Waals surface area contributed by atoms with Gasteiger partial charge in [0.25, 0.3) is 0 Å². The quantitative estimate of drug-likeness (QED) is 0.471. The third-order valence-corrected chi connectivity index (χ3v) is 8.67. The van der Waals surface area contributed by atoms with Crippen LogP contribution in [0.15, 0.2) is 30.3 Å². The second-order valence-electron chi connectivity index (χ2n) is 10.8. The van der Waals surface area contributed by atoms with E-state index in [1.807, 2.05) is 12.1 Å². The van der Waals surface area contributed by atoms with E-state index in [0.717, 1.165) is 74.8 Å². The molecule has 0 atom stereocenters. The topological polar surface area (TPSA) is 65.5 Å². The van der Waals surface area contributed by atoms with Crippen LogP contribution in [0, 0.1) is 5.92 Å². The number of benzene rings is 1. The van der Waals surface area contributed by atoms with E-state index in [-0.39, 0.29) is 5.41 Å². The molecule has 7 nitrogen and oxygen atoms in total. The SMILES string of the molecule is CC1CCN(c2cc(N3CCCCC3)nc(NC(=S)NCC3(c4cccc(Cl)c4)CCOCC3)n2)CC1. The fourth-order valence-electron chi connectivity index (χ4n) is 5.71. The van der Waals surface area contributed by atoms with Crippen molar-refractivity contribution in [2.45, 2.75) is 57.3 Å². The highest BCUT2D eigenvalue weighted by Gasteiger charge is 2.35. The number of hydrogen-bond acceptors (Lipinski definition) is 6. The van der Waals surface area contributed by atoms with Crippen LogP contribution in [-0.4, -0.2) is 61.0 Å². The molecule has 4 heterocycles. The molecule has 5 rings (SSSR count). The monoisotopic (exact) mass is 542 g/mol. The third kappa shape index (κ3) is 6.65. The van der Waals surface area contributed by atoms with Crippen molar-refractivity contribution in [3.05, 3.63) is 40.9 Å². The largest absolute Gasteiger partial charge is 0.381 e. The first-order valence-electron chi connectivity index (χ1n) is 13.8. The highest BCUT2D eigenvalue weighted by molar-refractivity contribution is 7.80. The van der Waals surface area contributed by atoms with Crippen LogP contribution in [0.3, 0.4) is 0 Å². The first kappa shape index (κ1) is 26.4. The van der Waals surface area contributed by atoms with Gasteiger partial charge in [0, 0.05) is 62.4 Å². The van der Waals surface area contributed by atoms with Crippen molar-refractivity contribution >= 4 is 46.5 Å². The maximum absolute atomic E-state index is 6.35. The Morgan fingerprint density at radius 3 is 2.38 bits per heavy atom. The predicted octanol–water partition coefficient (Wildman–Crippen LogP) is 5.39. The summed E-state index contributed by atoms with van der Waals surface area (Å²) in [5.41, 5.74) is 1.14. The maximum atomic E-state index is 6.35. The van der Waals surface area contributed by atoms with E-state index < -0.39 is 0 Å². The molecule has 3 aliphatic rings. The Bertz CT molecular complexity index is 1060. The average molecular weight is 543 g/mol. The molecule has 0 spiro atoms. The molecule has 2 N–H and O–H groups in total. The number of anilines is 3. The van der Waals surface area contributed by atoms with E-state index >= 15 is 0 Å². The Morgan fingerprint density at radius 1 is 1.03 bits per heavy atom. The summed E-state index contributed by atoms with van der Waals surface area (Å²) in [6.45, 7) is 8.64. The summed E-state index contributed by atoms with van der Waals surface area (Å²) in [5.74, 6) is 3.32. The van der Waals surface area contributed by atoms with E-state index in [1.165, 1.54) is 37.7 Å². The molecule has 37 heavy (non-hydrogen) atoms. The van der Waals surface area contributed by atoms with E-state index in [0.29, 0.717) is 17.6 Å². The van der Waals surface area contributed by atoms with Crippen LogP contribution in [0.1, 0.15) is 57.4 Å². The zero-order valence-electron chi connectivity index (χ0n) is 21.8. The summed E-state index contributed by atoms with van der Waals surface area (Å²) in [7, 11) is 0. The second kappa shape index (κ2) is 12.1. The molecule has 0 radical (unpaired) electrons. The summed E-state index contributed by atoms with van der Waals surface area (Å²) in [5, 5.41) is 8.09. The number of hydrogen-bond donors (Lipinski definition) is 2. The molecule has 0 saturated carbocycles. The van der Waals surface area contributed by atoms with Crippen molar-refractivity contribution < 1.29 is 4.74 Å². The van der Waals surface area contributed by atoms with E-state index in [2.05, 4.69) is 45.6 Å². The smallest absolute Gasteiger partial charge is 0.232 e. The number of ether oxygens (including phenoxy) is 1. The highest BCUT2D eigenvalue weighted by atomic mass is 35.5. The average Bonchev–Trinajstić information content (AvgIpc) is 2.93. The fourth-order valence-corrected chi connectivity index (χ4v) is 6.06. The lowest BCUT2D eigenvalue weighted by molar-refractivity contribution is 0.0515. The second-order valence-corrected chi connectivity index (χ2v) is 11.7. The van der Waals surface area contributed by atoms with Crippen LogP contribution < -0.4 is 20.4 Å². The molecule has 1 aromatic carbocycles. The molecule has 0 unspecified atom stereocenters. The summed E-state index contributed by atoms with van der Waals surface area (Å²) in [4.78, 5) is 14.6. The zero-order valence-corrected chi connectivity index (χ0v) is 23.4. The molecule has 0 bridgehead atoms. The first-order chi connectivity index (χ1) is 18.0. The maximum Gasteiger partial charge on any atom is 0.232 e. The highest BCUT2D eigenvalue weighted by Crippen LogP contribution is 2.35. The van der Waals surface area contributed by atoms with Gasteiger partial charge in [-0.1, -0.05) is 30.7 Å². The zero-order chi connectivity index (χ0) is 25.7. The number of piperidine rings is 2. The van der Waals surface area contributed by atoms with Gasteiger partial charge in [-0.2, -0.15) is 9.97 Å². The Balaban J connectivity index is 1.32. The standard InChI is InChI=1S/C28H39ClN6OS/c1-21-8-14-35(15-9-21)25-19-24(34-12-3-2-4-13-34)31-26(32-25)33-27(37)30-20-28(10-16-36-17-11-28)22-6-5-7-23(29)18-22/h5-7,18-19,21H,2-4,8-17,20H2,1H3,(H2,30,31,32,33,37). The van der Waals surface area contributed by atoms with Crippen LogP contribution in [0.2, 0.25) is 5.02 Å². The molecule has 0 amide bonds. The minimum atomic E-state index is -0.0823. The molecular weight excluding hydrogens is 504 g/mol. The third-order valence-electron chi connectivity index (χ3n) is 8.19. The van der Waals surface area contributed by atoms with Gasteiger partial charge in [-0.25, -0.2) is 0 Å². The van der Waals surface area contributed by atoms with Gasteiger partial charge < -0.3 is 25.2 Å². The summed E-state index contributed by atoms with van der Waals surface area (Å²) in [6, 6.07) is 10.3. The molecule has 3 fully saturated rings. The van der Waals surface area contributed by atoms with Crippen molar-refractivity contribution in [3.8, 4) is 0 Å². The van der Waals surface area contributed by atoms with Gasteiger partial charge in [0.05, 0.1) is 0 Å². The van der Waals surface area contributed by atoms with Gasteiger partial charge in [0.2, 0.25) is 5.95 Å². The normalized spacial score (nSPS) is 20.5. The summed E-state index contributed by atoms with van der Waals surface area (Å²) < 4.78 is 5.69. The van der Waals surface area contributed by atoms with Crippen molar-refractivity contribution in [3.63, 3.8) is 0 Å². The molecule has 200 valence electrons. The van der Waals surface area contributed by atoms with E-state index in [1.54, 1.807) is 0 Å². The Labute approximate surface area is 231 Å². The minimum Gasteiger partial charge on any atom is -0.381 e. The van der Waals surface area contributed by atoms with Gasteiger partial charge in [-0.15, -0.1) is 0 Å². The molecule has 0 aliphatic carbocycles. The lowest BCUT2D eigenvalue weighted by Crippen LogP contribution is -2.45. The van der Waals surface area contributed by atoms with Gasteiger partial charge >= 0.3 is 0 Å². The Kier molecular flexibility index (Phi) is 8.67. The first-order valence-corrected chi connectivity index (χ1v) is 14.6. The molecule has 3 aliphatic heterocycles.